The monoisotopic (exact) mass is 384 g/mol. The van der Waals surface area contributed by atoms with Gasteiger partial charge in [0.05, 0.1) is 22.1 Å². The van der Waals surface area contributed by atoms with Crippen molar-refractivity contribution in [2.45, 2.75) is 25.8 Å². The van der Waals surface area contributed by atoms with E-state index in [2.05, 4.69) is 33.2 Å². The fraction of sp³-hybridized carbons (Fsp3) is 0.300. The number of aryl methyl sites for hydroxylation is 1. The standard InChI is InChI=1S/C20H21N3OS2/c1-14-21-17(13-26-14)15-5-2-6-16(11-15)22-20(24)12-23-9-3-7-18(23)19-8-4-10-25-19/h2,4-6,8,10-11,13,18H,3,7,9,12H2,1H3,(H,22,24)/p+1/t18-/m1/s1. The first-order chi connectivity index (χ1) is 12.7. The summed E-state index contributed by atoms with van der Waals surface area (Å²) in [5.74, 6) is 0.0788. The maximum atomic E-state index is 12.6. The molecule has 2 aromatic heterocycles. The van der Waals surface area contributed by atoms with Gasteiger partial charge in [0.25, 0.3) is 5.91 Å². The van der Waals surface area contributed by atoms with Crippen LogP contribution in [0.5, 0.6) is 0 Å². The summed E-state index contributed by atoms with van der Waals surface area (Å²) in [6.07, 6.45) is 2.35. The first-order valence-corrected chi connectivity index (χ1v) is 10.7. The van der Waals surface area contributed by atoms with E-state index in [9.17, 15) is 4.79 Å². The van der Waals surface area contributed by atoms with Gasteiger partial charge in [-0.05, 0) is 30.5 Å². The molecule has 0 radical (unpaired) electrons. The first kappa shape index (κ1) is 17.4. The lowest BCUT2D eigenvalue weighted by Gasteiger charge is -2.20. The van der Waals surface area contributed by atoms with Crippen LogP contribution in [-0.2, 0) is 4.79 Å². The van der Waals surface area contributed by atoms with Gasteiger partial charge < -0.3 is 10.2 Å². The van der Waals surface area contributed by atoms with Crippen LogP contribution in [0.4, 0.5) is 5.69 Å². The molecule has 4 nitrogen and oxygen atoms in total. The number of hydrogen-bond acceptors (Lipinski definition) is 4. The van der Waals surface area contributed by atoms with E-state index in [4.69, 9.17) is 0 Å². The number of likely N-dealkylation sites (tertiary alicyclic amines) is 1. The zero-order valence-corrected chi connectivity index (χ0v) is 16.3. The molecule has 1 aliphatic heterocycles. The van der Waals surface area contributed by atoms with Gasteiger partial charge in [-0.25, -0.2) is 4.98 Å². The SMILES string of the molecule is Cc1nc(-c2cccc(NC(=O)C[NH+]3CCC[C@@H]3c3cccs3)c2)cs1. The van der Waals surface area contributed by atoms with Gasteiger partial charge in [-0.3, -0.25) is 4.79 Å². The summed E-state index contributed by atoms with van der Waals surface area (Å²) in [5.41, 5.74) is 2.84. The minimum atomic E-state index is 0.0788. The second-order valence-electron chi connectivity index (χ2n) is 6.68. The zero-order chi connectivity index (χ0) is 17.9. The molecular formula is C20H22N3OS2+. The molecule has 134 valence electrons. The third-order valence-electron chi connectivity index (χ3n) is 4.82. The Balaban J connectivity index is 1.42. The molecule has 0 saturated carbocycles. The maximum absolute atomic E-state index is 12.6. The molecule has 2 N–H and O–H groups in total. The number of nitrogens with zero attached hydrogens (tertiary/aromatic N) is 1. The average molecular weight is 385 g/mol. The fourth-order valence-corrected chi connectivity index (χ4v) is 5.16. The van der Waals surface area contributed by atoms with E-state index in [1.54, 1.807) is 22.7 Å². The Morgan fingerprint density at radius 2 is 2.23 bits per heavy atom. The van der Waals surface area contributed by atoms with Crippen LogP contribution in [-0.4, -0.2) is 24.0 Å². The number of anilines is 1. The third-order valence-corrected chi connectivity index (χ3v) is 6.58. The maximum Gasteiger partial charge on any atom is 0.279 e. The molecule has 1 aliphatic rings. The van der Waals surface area contributed by atoms with Gasteiger partial charge in [-0.2, -0.15) is 0 Å². The highest BCUT2D eigenvalue weighted by Crippen LogP contribution is 2.25. The van der Waals surface area contributed by atoms with Crippen LogP contribution >= 0.6 is 22.7 Å². The summed E-state index contributed by atoms with van der Waals surface area (Å²) in [6.45, 7) is 3.58. The quantitative estimate of drug-likeness (QED) is 0.707. The van der Waals surface area contributed by atoms with Crippen molar-refractivity contribution in [1.82, 2.24) is 4.98 Å². The summed E-state index contributed by atoms with van der Waals surface area (Å²) in [7, 11) is 0. The van der Waals surface area contributed by atoms with Gasteiger partial charge in [-0.1, -0.05) is 18.2 Å². The number of thiophene rings is 1. The van der Waals surface area contributed by atoms with E-state index in [1.165, 1.54) is 22.6 Å². The topological polar surface area (TPSA) is 46.4 Å². The molecule has 0 bridgehead atoms. The van der Waals surface area contributed by atoms with Crippen LogP contribution < -0.4 is 10.2 Å². The number of thiazole rings is 1. The number of nitrogens with one attached hydrogen (secondary N) is 2. The van der Waals surface area contributed by atoms with Crippen LogP contribution in [0, 0.1) is 6.92 Å². The van der Waals surface area contributed by atoms with Crippen molar-refractivity contribution in [3.63, 3.8) is 0 Å². The van der Waals surface area contributed by atoms with E-state index in [0.29, 0.717) is 12.6 Å². The molecule has 0 aliphatic carbocycles. The van der Waals surface area contributed by atoms with Crippen LogP contribution in [0.25, 0.3) is 11.3 Å². The number of quaternary nitrogens is 1. The number of hydrogen-bond donors (Lipinski definition) is 2. The molecule has 1 saturated heterocycles. The highest BCUT2D eigenvalue weighted by atomic mass is 32.1. The van der Waals surface area contributed by atoms with Crippen LogP contribution in [0.3, 0.4) is 0 Å². The van der Waals surface area contributed by atoms with Crippen molar-refractivity contribution in [3.05, 3.63) is 57.0 Å². The Hall–Kier alpha value is -2.02. The highest BCUT2D eigenvalue weighted by molar-refractivity contribution is 7.10. The molecule has 1 unspecified atom stereocenters. The molecule has 3 heterocycles. The van der Waals surface area contributed by atoms with Gasteiger partial charge in [0, 0.05) is 29.5 Å². The predicted octanol–water partition coefficient (Wildman–Crippen LogP) is 3.54. The molecule has 3 aromatic rings. The molecule has 2 atom stereocenters. The second kappa shape index (κ2) is 7.70. The molecule has 26 heavy (non-hydrogen) atoms. The van der Waals surface area contributed by atoms with Gasteiger partial charge in [0.15, 0.2) is 6.54 Å². The molecule has 6 heteroatoms. The largest absolute Gasteiger partial charge is 0.321 e. The van der Waals surface area contributed by atoms with E-state index in [-0.39, 0.29) is 5.91 Å². The normalized spacial score (nSPS) is 19.6. The number of carbonyl (C=O) groups is 1. The van der Waals surface area contributed by atoms with Crippen LogP contribution in [0.2, 0.25) is 0 Å². The lowest BCUT2D eigenvalue weighted by molar-refractivity contribution is -0.910. The smallest absolute Gasteiger partial charge is 0.279 e. The predicted molar refractivity (Wildman–Crippen MR) is 108 cm³/mol. The molecular weight excluding hydrogens is 362 g/mol. The fourth-order valence-electron chi connectivity index (χ4n) is 3.62. The number of benzene rings is 1. The molecule has 0 spiro atoms. The number of rotatable bonds is 5. The molecule has 1 amide bonds. The zero-order valence-electron chi connectivity index (χ0n) is 14.7. The Morgan fingerprint density at radius 1 is 1.31 bits per heavy atom. The van der Waals surface area contributed by atoms with E-state index < -0.39 is 0 Å². The highest BCUT2D eigenvalue weighted by Gasteiger charge is 2.32. The first-order valence-electron chi connectivity index (χ1n) is 8.89. The Morgan fingerprint density at radius 3 is 3.00 bits per heavy atom. The van der Waals surface area contributed by atoms with Crippen LogP contribution in [0.15, 0.2) is 47.2 Å². The van der Waals surface area contributed by atoms with Crippen molar-refractivity contribution in [2.75, 3.05) is 18.4 Å². The Bertz CT molecular complexity index is 888. The Kier molecular flexibility index (Phi) is 5.15. The summed E-state index contributed by atoms with van der Waals surface area (Å²) in [6, 6.07) is 12.7. The third kappa shape index (κ3) is 3.87. The van der Waals surface area contributed by atoms with Gasteiger partial charge >= 0.3 is 0 Å². The molecule has 1 aromatic carbocycles. The Labute approximate surface area is 161 Å². The van der Waals surface area contributed by atoms with Crippen LogP contribution in [0.1, 0.15) is 28.8 Å². The van der Waals surface area contributed by atoms with Gasteiger partial charge in [0.2, 0.25) is 0 Å². The number of amides is 1. The van der Waals surface area contributed by atoms with Crippen molar-refractivity contribution in [2.24, 2.45) is 0 Å². The summed E-state index contributed by atoms with van der Waals surface area (Å²) >= 11 is 3.44. The summed E-state index contributed by atoms with van der Waals surface area (Å²) < 4.78 is 0. The molecule has 4 rings (SSSR count). The van der Waals surface area contributed by atoms with Gasteiger partial charge in [-0.15, -0.1) is 22.7 Å². The van der Waals surface area contributed by atoms with Gasteiger partial charge in [0.1, 0.15) is 6.04 Å². The minimum Gasteiger partial charge on any atom is -0.321 e. The number of carbonyl (C=O) groups excluding carboxylic acids is 1. The van der Waals surface area contributed by atoms with Crippen molar-refractivity contribution in [1.29, 1.82) is 0 Å². The average Bonchev–Trinajstić information content (AvgIpc) is 3.36. The molecule has 1 fully saturated rings. The van der Waals surface area contributed by atoms with E-state index >= 15 is 0 Å². The minimum absolute atomic E-state index is 0.0788. The van der Waals surface area contributed by atoms with E-state index in [1.807, 2.05) is 31.2 Å². The van der Waals surface area contributed by atoms with Crippen molar-refractivity contribution >= 4 is 34.3 Å². The summed E-state index contributed by atoms with van der Waals surface area (Å²) in [5, 5.41) is 8.29. The summed E-state index contributed by atoms with van der Waals surface area (Å²) in [4.78, 5) is 19.9. The van der Waals surface area contributed by atoms with Crippen molar-refractivity contribution < 1.29 is 9.69 Å². The second-order valence-corrected chi connectivity index (χ2v) is 8.72. The lowest BCUT2D eigenvalue weighted by Crippen LogP contribution is -3.11. The lowest BCUT2D eigenvalue weighted by atomic mass is 10.1. The van der Waals surface area contributed by atoms with E-state index in [0.717, 1.165) is 28.5 Å². The van der Waals surface area contributed by atoms with Crippen molar-refractivity contribution in [3.8, 4) is 11.3 Å². The number of aromatic nitrogens is 1.